The molecule has 0 bridgehead atoms. The number of ether oxygens (including phenoxy) is 1. The number of anilines is 1. The maximum Gasteiger partial charge on any atom is 0.347 e. The SMILES string of the molecule is CCCCN(CCCc1ccc(OC(C)(C)C(=O)O)cc1)c1nc2ccccc2o1. The highest BCUT2D eigenvalue weighted by molar-refractivity contribution is 5.76. The average Bonchev–Trinajstić information content (AvgIpc) is 3.15. The predicted octanol–water partition coefficient (Wildman–Crippen LogP) is 5.31. The number of aliphatic carboxylic acids is 1. The number of para-hydroxylation sites is 2. The minimum absolute atomic E-state index is 0.558. The predicted molar refractivity (Wildman–Crippen MR) is 118 cm³/mol. The van der Waals surface area contributed by atoms with Crippen molar-refractivity contribution in [3.05, 3.63) is 54.1 Å². The van der Waals surface area contributed by atoms with Crippen LogP contribution in [-0.4, -0.2) is 34.8 Å². The second-order valence-corrected chi connectivity index (χ2v) is 7.97. The molecule has 0 atom stereocenters. The van der Waals surface area contributed by atoms with E-state index in [-0.39, 0.29) is 0 Å². The van der Waals surface area contributed by atoms with Gasteiger partial charge in [0.05, 0.1) is 0 Å². The van der Waals surface area contributed by atoms with Crippen LogP contribution in [0.5, 0.6) is 5.75 Å². The Morgan fingerprint density at radius 1 is 1.10 bits per heavy atom. The summed E-state index contributed by atoms with van der Waals surface area (Å²) in [7, 11) is 0. The van der Waals surface area contributed by atoms with Crippen molar-refractivity contribution in [1.82, 2.24) is 4.98 Å². The molecular formula is C24H30N2O4. The number of rotatable bonds is 11. The Morgan fingerprint density at radius 2 is 1.80 bits per heavy atom. The van der Waals surface area contributed by atoms with Gasteiger partial charge in [0.1, 0.15) is 11.3 Å². The molecule has 3 rings (SSSR count). The molecule has 30 heavy (non-hydrogen) atoms. The first-order valence-electron chi connectivity index (χ1n) is 10.5. The molecule has 2 aromatic carbocycles. The van der Waals surface area contributed by atoms with E-state index in [2.05, 4.69) is 16.8 Å². The van der Waals surface area contributed by atoms with Crippen molar-refractivity contribution in [3.8, 4) is 5.75 Å². The van der Waals surface area contributed by atoms with Gasteiger partial charge in [0.15, 0.2) is 11.2 Å². The summed E-state index contributed by atoms with van der Waals surface area (Å²) in [5.74, 6) is -0.430. The van der Waals surface area contributed by atoms with Crippen LogP contribution < -0.4 is 9.64 Å². The van der Waals surface area contributed by atoms with Crippen LogP contribution in [0.4, 0.5) is 6.01 Å². The Balaban J connectivity index is 1.59. The smallest absolute Gasteiger partial charge is 0.347 e. The van der Waals surface area contributed by atoms with Gasteiger partial charge in [0.2, 0.25) is 0 Å². The first-order valence-corrected chi connectivity index (χ1v) is 10.5. The van der Waals surface area contributed by atoms with E-state index in [9.17, 15) is 9.90 Å². The van der Waals surface area contributed by atoms with Crippen LogP contribution in [0.2, 0.25) is 0 Å². The van der Waals surface area contributed by atoms with Crippen molar-refractivity contribution in [2.45, 2.75) is 52.1 Å². The zero-order valence-electron chi connectivity index (χ0n) is 17.9. The Morgan fingerprint density at radius 3 is 2.47 bits per heavy atom. The molecule has 0 unspecified atom stereocenters. The lowest BCUT2D eigenvalue weighted by Crippen LogP contribution is -2.37. The third-order valence-corrected chi connectivity index (χ3v) is 5.04. The van der Waals surface area contributed by atoms with E-state index in [1.54, 1.807) is 13.8 Å². The minimum Gasteiger partial charge on any atom is -0.478 e. The molecule has 0 amide bonds. The van der Waals surface area contributed by atoms with Crippen LogP contribution >= 0.6 is 0 Å². The molecule has 0 aliphatic rings. The van der Waals surface area contributed by atoms with Crippen molar-refractivity contribution >= 4 is 23.1 Å². The summed E-state index contributed by atoms with van der Waals surface area (Å²) in [5.41, 5.74) is 1.63. The lowest BCUT2D eigenvalue weighted by atomic mass is 10.1. The Hall–Kier alpha value is -3.02. The van der Waals surface area contributed by atoms with Gasteiger partial charge in [-0.25, -0.2) is 4.79 Å². The van der Waals surface area contributed by atoms with Crippen molar-refractivity contribution in [2.24, 2.45) is 0 Å². The number of hydrogen-bond acceptors (Lipinski definition) is 5. The fourth-order valence-corrected chi connectivity index (χ4v) is 3.18. The normalized spacial score (nSPS) is 11.6. The molecule has 1 N–H and O–H groups in total. The summed E-state index contributed by atoms with van der Waals surface area (Å²) >= 11 is 0. The summed E-state index contributed by atoms with van der Waals surface area (Å²) in [6.45, 7) is 7.04. The van der Waals surface area contributed by atoms with E-state index < -0.39 is 11.6 Å². The van der Waals surface area contributed by atoms with Gasteiger partial charge in [-0.3, -0.25) is 0 Å². The van der Waals surface area contributed by atoms with E-state index in [4.69, 9.17) is 9.15 Å². The van der Waals surface area contributed by atoms with Gasteiger partial charge in [-0.15, -0.1) is 0 Å². The molecule has 1 heterocycles. The van der Waals surface area contributed by atoms with Crippen molar-refractivity contribution in [2.75, 3.05) is 18.0 Å². The zero-order chi connectivity index (χ0) is 21.6. The Labute approximate surface area is 177 Å². The van der Waals surface area contributed by atoms with Crippen LogP contribution in [0.15, 0.2) is 52.9 Å². The number of oxazole rings is 1. The third-order valence-electron chi connectivity index (χ3n) is 5.04. The van der Waals surface area contributed by atoms with E-state index in [1.807, 2.05) is 48.5 Å². The van der Waals surface area contributed by atoms with E-state index in [1.165, 1.54) is 5.56 Å². The Kier molecular flexibility index (Phi) is 6.98. The fraction of sp³-hybridized carbons (Fsp3) is 0.417. The van der Waals surface area contributed by atoms with Gasteiger partial charge in [-0.1, -0.05) is 37.6 Å². The van der Waals surface area contributed by atoms with Crippen LogP contribution in [0.3, 0.4) is 0 Å². The van der Waals surface area contributed by atoms with Crippen molar-refractivity contribution in [1.29, 1.82) is 0 Å². The molecule has 3 aromatic rings. The molecule has 0 aliphatic heterocycles. The highest BCUT2D eigenvalue weighted by Crippen LogP contribution is 2.23. The fourth-order valence-electron chi connectivity index (χ4n) is 3.18. The molecule has 1 aromatic heterocycles. The number of aryl methyl sites for hydroxylation is 1. The van der Waals surface area contributed by atoms with Crippen molar-refractivity contribution in [3.63, 3.8) is 0 Å². The first kappa shape index (κ1) is 21.7. The topological polar surface area (TPSA) is 75.8 Å². The molecule has 0 spiro atoms. The van der Waals surface area contributed by atoms with E-state index >= 15 is 0 Å². The number of carboxylic acid groups (broad SMARTS) is 1. The lowest BCUT2D eigenvalue weighted by Gasteiger charge is -2.22. The maximum atomic E-state index is 11.2. The molecule has 0 radical (unpaired) electrons. The van der Waals surface area contributed by atoms with Crippen molar-refractivity contribution < 1.29 is 19.1 Å². The number of benzene rings is 2. The molecule has 6 nitrogen and oxygen atoms in total. The van der Waals surface area contributed by atoms with Crippen LogP contribution in [0, 0.1) is 0 Å². The third kappa shape index (κ3) is 5.53. The first-order chi connectivity index (χ1) is 14.4. The highest BCUT2D eigenvalue weighted by Gasteiger charge is 2.29. The number of nitrogens with zero attached hydrogens (tertiary/aromatic N) is 2. The standard InChI is InChI=1S/C24H30N2O4/c1-4-5-16-26(23-25-20-10-6-7-11-21(20)29-23)17-8-9-18-12-14-19(15-13-18)30-24(2,3)22(27)28/h6-7,10-15H,4-5,8-9,16-17H2,1-3H3,(H,27,28). The summed E-state index contributed by atoms with van der Waals surface area (Å²) in [6.07, 6.45) is 4.07. The van der Waals surface area contributed by atoms with Crippen LogP contribution in [0.1, 0.15) is 45.6 Å². The molecule has 6 heteroatoms. The average molecular weight is 411 g/mol. The summed E-state index contributed by atoms with van der Waals surface area (Å²) < 4.78 is 11.5. The van der Waals surface area contributed by atoms with E-state index in [0.29, 0.717) is 11.8 Å². The second-order valence-electron chi connectivity index (χ2n) is 7.97. The molecule has 0 saturated heterocycles. The van der Waals surface area contributed by atoms with Gasteiger partial charge >= 0.3 is 5.97 Å². The molecule has 0 aliphatic carbocycles. The van der Waals surface area contributed by atoms with Crippen LogP contribution in [0.25, 0.3) is 11.1 Å². The minimum atomic E-state index is -1.25. The van der Waals surface area contributed by atoms with Gasteiger partial charge < -0.3 is 19.2 Å². The van der Waals surface area contributed by atoms with Gasteiger partial charge in [-0.2, -0.15) is 4.98 Å². The Bertz CT molecular complexity index is 930. The summed E-state index contributed by atoms with van der Waals surface area (Å²) in [6, 6.07) is 16.2. The molecule has 0 saturated carbocycles. The highest BCUT2D eigenvalue weighted by atomic mass is 16.5. The number of aromatic nitrogens is 1. The summed E-state index contributed by atoms with van der Waals surface area (Å²) in [4.78, 5) is 18.1. The van der Waals surface area contributed by atoms with Gasteiger partial charge in [0.25, 0.3) is 6.01 Å². The van der Waals surface area contributed by atoms with E-state index in [0.717, 1.165) is 49.9 Å². The van der Waals surface area contributed by atoms with Gasteiger partial charge in [-0.05, 0) is 62.9 Å². The van der Waals surface area contributed by atoms with Crippen LogP contribution in [-0.2, 0) is 11.2 Å². The number of carboxylic acids is 1. The summed E-state index contributed by atoms with van der Waals surface area (Å²) in [5, 5.41) is 9.18. The lowest BCUT2D eigenvalue weighted by molar-refractivity contribution is -0.152. The molecular weight excluding hydrogens is 380 g/mol. The monoisotopic (exact) mass is 410 g/mol. The number of hydrogen-bond donors (Lipinski definition) is 1. The number of fused-ring (bicyclic) bond motifs is 1. The number of carbonyl (C=O) groups is 1. The molecule has 160 valence electrons. The number of unbranched alkanes of at least 4 members (excludes halogenated alkanes) is 1. The molecule has 0 fully saturated rings. The van der Waals surface area contributed by atoms with Gasteiger partial charge in [0, 0.05) is 13.1 Å². The maximum absolute atomic E-state index is 11.2. The second kappa shape index (κ2) is 9.65. The quantitative estimate of drug-likeness (QED) is 0.462. The zero-order valence-corrected chi connectivity index (χ0v) is 17.9. The largest absolute Gasteiger partial charge is 0.478 e.